The lowest BCUT2D eigenvalue weighted by molar-refractivity contribution is -0.116. The van der Waals surface area contributed by atoms with E-state index in [0.29, 0.717) is 41.3 Å². The number of hydrogen-bond acceptors (Lipinski definition) is 2. The molecular weight excluding hydrogens is 306 g/mol. The Hall–Kier alpha value is -1.36. The maximum absolute atomic E-state index is 11.9. The molecule has 134 valence electrons. The smallest absolute Gasteiger partial charge is 0.156 e. The molecule has 0 aromatic rings. The van der Waals surface area contributed by atoms with Gasteiger partial charge in [-0.3, -0.25) is 4.79 Å². The molecule has 2 fully saturated rings. The predicted octanol–water partition coefficient (Wildman–Crippen LogP) is 5.46. The zero-order chi connectivity index (χ0) is 17.8. The van der Waals surface area contributed by atoms with Gasteiger partial charge in [-0.25, -0.2) is 0 Å². The maximum atomic E-state index is 11.9. The largest absolute Gasteiger partial charge is 0.295 e. The van der Waals surface area contributed by atoms with Crippen LogP contribution >= 0.6 is 0 Å². The zero-order valence-electron chi connectivity index (χ0n) is 15.9. The van der Waals surface area contributed by atoms with E-state index in [-0.39, 0.29) is 5.41 Å². The van der Waals surface area contributed by atoms with Crippen LogP contribution in [0, 0.1) is 51.8 Å². The van der Waals surface area contributed by atoms with E-state index >= 15 is 0 Å². The summed E-state index contributed by atoms with van der Waals surface area (Å²) >= 11 is 0. The summed E-state index contributed by atoms with van der Waals surface area (Å²) in [6.07, 6.45) is 14.3. The second-order valence-electron chi connectivity index (χ2n) is 9.70. The van der Waals surface area contributed by atoms with Gasteiger partial charge < -0.3 is 0 Å². The predicted molar refractivity (Wildman–Crippen MR) is 99.5 cm³/mol. The van der Waals surface area contributed by atoms with Crippen molar-refractivity contribution in [3.63, 3.8) is 0 Å². The second-order valence-corrected chi connectivity index (χ2v) is 9.70. The molecule has 0 N–H and O–H groups in total. The minimum Gasteiger partial charge on any atom is -0.295 e. The van der Waals surface area contributed by atoms with Crippen molar-refractivity contribution < 1.29 is 4.79 Å². The van der Waals surface area contributed by atoms with Crippen LogP contribution in [0.4, 0.5) is 0 Å². The third-order valence-corrected chi connectivity index (χ3v) is 8.69. The highest BCUT2D eigenvalue weighted by atomic mass is 16.1. The SMILES string of the molecule is CC(CC#N)[C@H]1CC[C@H]2[C@@H]3C=CC4=CC(=O)CC[C@]4(C)[C@H]3CC[C@]12C. The van der Waals surface area contributed by atoms with Crippen molar-refractivity contribution in [2.75, 3.05) is 0 Å². The van der Waals surface area contributed by atoms with Crippen LogP contribution < -0.4 is 0 Å². The van der Waals surface area contributed by atoms with Crippen LogP contribution in [-0.4, -0.2) is 5.78 Å². The summed E-state index contributed by atoms with van der Waals surface area (Å²) in [5.41, 5.74) is 1.88. The first-order chi connectivity index (χ1) is 11.9. The molecule has 4 rings (SSSR count). The molecule has 0 heterocycles. The van der Waals surface area contributed by atoms with Crippen LogP contribution in [-0.2, 0) is 4.79 Å². The van der Waals surface area contributed by atoms with Gasteiger partial charge in [0, 0.05) is 12.8 Å². The van der Waals surface area contributed by atoms with E-state index < -0.39 is 0 Å². The molecule has 7 atom stereocenters. The van der Waals surface area contributed by atoms with Crippen molar-refractivity contribution in [3.05, 3.63) is 23.8 Å². The van der Waals surface area contributed by atoms with Gasteiger partial charge in [-0.05, 0) is 84.2 Å². The van der Waals surface area contributed by atoms with Gasteiger partial charge in [0.2, 0.25) is 0 Å². The average Bonchev–Trinajstić information content (AvgIpc) is 2.93. The summed E-state index contributed by atoms with van der Waals surface area (Å²) in [6.45, 7) is 7.23. The number of carbonyl (C=O) groups excluding carboxylic acids is 1. The lowest BCUT2D eigenvalue weighted by Crippen LogP contribution is -2.49. The molecule has 4 aliphatic rings. The molecular formula is C23H31NO. The fourth-order valence-corrected chi connectivity index (χ4v) is 7.26. The van der Waals surface area contributed by atoms with Crippen molar-refractivity contribution in [3.8, 4) is 6.07 Å². The van der Waals surface area contributed by atoms with Crippen LogP contribution in [0.5, 0.6) is 0 Å². The van der Waals surface area contributed by atoms with Gasteiger partial charge in [-0.1, -0.05) is 32.9 Å². The second kappa shape index (κ2) is 5.83. The molecule has 0 aliphatic heterocycles. The van der Waals surface area contributed by atoms with Gasteiger partial charge in [0.05, 0.1) is 6.07 Å². The van der Waals surface area contributed by atoms with E-state index in [2.05, 4.69) is 39.0 Å². The summed E-state index contributed by atoms with van der Waals surface area (Å²) in [5, 5.41) is 9.15. The normalized spacial score (nSPS) is 46.5. The number of ketones is 1. The maximum Gasteiger partial charge on any atom is 0.156 e. The van der Waals surface area contributed by atoms with Gasteiger partial charge in [-0.2, -0.15) is 5.26 Å². The standard InChI is InChI=1S/C23H31NO/c1-15(10-13-24)19-6-7-20-18-5-4-16-14-17(25)8-11-22(16,2)21(18)9-12-23(19,20)3/h4-5,14-15,18-21H,6-12H2,1-3H3/t15?,18-,19+,20-,21-,22-,23+/m0/s1. The first-order valence-corrected chi connectivity index (χ1v) is 10.2. The number of carbonyl (C=O) groups is 1. The van der Waals surface area contributed by atoms with E-state index in [1.807, 2.05) is 6.08 Å². The molecule has 2 heteroatoms. The van der Waals surface area contributed by atoms with Crippen molar-refractivity contribution in [1.29, 1.82) is 5.26 Å². The van der Waals surface area contributed by atoms with Crippen molar-refractivity contribution in [2.45, 2.75) is 65.7 Å². The van der Waals surface area contributed by atoms with E-state index in [1.165, 1.54) is 31.3 Å². The Morgan fingerprint density at radius 3 is 2.80 bits per heavy atom. The minimum atomic E-state index is 0.199. The third kappa shape index (κ3) is 2.38. The third-order valence-electron chi connectivity index (χ3n) is 8.69. The number of nitriles is 1. The summed E-state index contributed by atoms with van der Waals surface area (Å²) in [6, 6.07) is 2.41. The van der Waals surface area contributed by atoms with E-state index in [1.54, 1.807) is 0 Å². The Balaban J connectivity index is 1.66. The molecule has 0 spiro atoms. The first kappa shape index (κ1) is 17.1. The Morgan fingerprint density at radius 2 is 2.04 bits per heavy atom. The van der Waals surface area contributed by atoms with Crippen LogP contribution in [0.15, 0.2) is 23.8 Å². The number of allylic oxidation sites excluding steroid dienone is 4. The molecule has 25 heavy (non-hydrogen) atoms. The van der Waals surface area contributed by atoms with Gasteiger partial charge in [0.15, 0.2) is 5.78 Å². The quantitative estimate of drug-likeness (QED) is 0.671. The van der Waals surface area contributed by atoms with Crippen LogP contribution in [0.25, 0.3) is 0 Å². The molecule has 2 saturated carbocycles. The minimum absolute atomic E-state index is 0.199. The molecule has 0 radical (unpaired) electrons. The van der Waals surface area contributed by atoms with Crippen LogP contribution in [0.3, 0.4) is 0 Å². The van der Waals surface area contributed by atoms with Crippen LogP contribution in [0.1, 0.15) is 65.7 Å². The molecule has 1 unspecified atom stereocenters. The van der Waals surface area contributed by atoms with Gasteiger partial charge in [-0.15, -0.1) is 0 Å². The first-order valence-electron chi connectivity index (χ1n) is 10.2. The highest BCUT2D eigenvalue weighted by Gasteiger charge is 2.58. The lowest BCUT2D eigenvalue weighted by atomic mass is 9.48. The number of nitrogens with zero attached hydrogens (tertiary/aromatic N) is 1. The average molecular weight is 338 g/mol. The Morgan fingerprint density at radius 1 is 1.24 bits per heavy atom. The molecule has 0 aromatic carbocycles. The lowest BCUT2D eigenvalue weighted by Gasteiger charge is -2.56. The van der Waals surface area contributed by atoms with Crippen molar-refractivity contribution >= 4 is 5.78 Å². The molecule has 2 nitrogen and oxygen atoms in total. The summed E-state index contributed by atoms with van der Waals surface area (Å²) < 4.78 is 0. The molecule has 4 aliphatic carbocycles. The Labute approximate surface area is 152 Å². The van der Waals surface area contributed by atoms with E-state index in [4.69, 9.17) is 5.26 Å². The van der Waals surface area contributed by atoms with E-state index in [0.717, 1.165) is 18.8 Å². The highest BCUT2D eigenvalue weighted by Crippen LogP contribution is 2.66. The highest BCUT2D eigenvalue weighted by molar-refractivity contribution is 5.92. The zero-order valence-corrected chi connectivity index (χ0v) is 15.9. The topological polar surface area (TPSA) is 40.9 Å². The Bertz CT molecular complexity index is 683. The summed E-state index contributed by atoms with van der Waals surface area (Å²) in [5.74, 6) is 3.63. The van der Waals surface area contributed by atoms with E-state index in [9.17, 15) is 4.79 Å². The monoisotopic (exact) mass is 337 g/mol. The number of rotatable bonds is 2. The van der Waals surface area contributed by atoms with Gasteiger partial charge in [0.1, 0.15) is 0 Å². The van der Waals surface area contributed by atoms with Gasteiger partial charge >= 0.3 is 0 Å². The molecule has 0 aromatic heterocycles. The van der Waals surface area contributed by atoms with Gasteiger partial charge in [0.25, 0.3) is 0 Å². The van der Waals surface area contributed by atoms with Crippen molar-refractivity contribution in [2.24, 2.45) is 40.4 Å². The fraction of sp³-hybridized carbons (Fsp3) is 0.739. The summed E-state index contributed by atoms with van der Waals surface area (Å²) in [4.78, 5) is 11.9. The molecule has 0 saturated heterocycles. The molecule has 0 amide bonds. The van der Waals surface area contributed by atoms with Crippen LogP contribution in [0.2, 0.25) is 0 Å². The Kier molecular flexibility index (Phi) is 3.98. The fourth-order valence-electron chi connectivity index (χ4n) is 7.26. The molecule has 0 bridgehead atoms. The number of hydrogen-bond donors (Lipinski definition) is 0. The van der Waals surface area contributed by atoms with Crippen molar-refractivity contribution in [1.82, 2.24) is 0 Å². The summed E-state index contributed by atoms with van der Waals surface area (Å²) in [7, 11) is 0. The number of fused-ring (bicyclic) bond motifs is 5.